The lowest BCUT2D eigenvalue weighted by molar-refractivity contribution is -0.124. The third kappa shape index (κ3) is 8.68. The highest BCUT2D eigenvalue weighted by atomic mass is 16.5. The molecule has 0 aliphatic carbocycles. The van der Waals surface area contributed by atoms with Crippen LogP contribution in [-0.4, -0.2) is 38.3 Å². The van der Waals surface area contributed by atoms with E-state index in [0.717, 1.165) is 19.5 Å². The lowest BCUT2D eigenvalue weighted by Gasteiger charge is -2.12. The second-order valence-corrected chi connectivity index (χ2v) is 4.27. The first-order valence-corrected chi connectivity index (χ1v) is 6.18. The molecule has 0 radical (unpaired) electrons. The predicted octanol–water partition coefficient (Wildman–Crippen LogP) is 1.16. The van der Waals surface area contributed by atoms with Crippen LogP contribution < -0.4 is 10.6 Å². The van der Waals surface area contributed by atoms with Crippen LogP contribution in [-0.2, 0) is 9.53 Å². The summed E-state index contributed by atoms with van der Waals surface area (Å²) in [6, 6.07) is 0. The first-order chi connectivity index (χ1) is 7.57. The zero-order chi connectivity index (χ0) is 12.4. The Labute approximate surface area is 99.1 Å². The maximum absolute atomic E-state index is 11.6. The van der Waals surface area contributed by atoms with Crippen LogP contribution in [0, 0.1) is 5.92 Å². The summed E-state index contributed by atoms with van der Waals surface area (Å²) in [5.41, 5.74) is 0. The van der Waals surface area contributed by atoms with E-state index in [1.54, 1.807) is 0 Å². The number of carbonyl (C=O) groups is 1. The monoisotopic (exact) mass is 230 g/mol. The van der Waals surface area contributed by atoms with Crippen molar-refractivity contribution in [2.45, 2.75) is 40.2 Å². The molecule has 0 aromatic rings. The van der Waals surface area contributed by atoms with Crippen molar-refractivity contribution < 1.29 is 9.53 Å². The van der Waals surface area contributed by atoms with Crippen molar-refractivity contribution in [3.8, 4) is 0 Å². The van der Waals surface area contributed by atoms with Crippen molar-refractivity contribution in [1.82, 2.24) is 10.6 Å². The molecular formula is C12H26N2O2. The van der Waals surface area contributed by atoms with E-state index in [1.165, 1.54) is 0 Å². The fourth-order valence-corrected chi connectivity index (χ4v) is 1.23. The molecule has 2 N–H and O–H groups in total. The van der Waals surface area contributed by atoms with Gasteiger partial charge in [-0.2, -0.15) is 0 Å². The maximum Gasteiger partial charge on any atom is 0.224 e. The minimum Gasteiger partial charge on any atom is -0.379 e. The number of hydrogen-bond donors (Lipinski definition) is 2. The normalized spacial score (nSPS) is 12.8. The van der Waals surface area contributed by atoms with Crippen LogP contribution in [0.1, 0.15) is 34.1 Å². The van der Waals surface area contributed by atoms with Gasteiger partial charge in [0.15, 0.2) is 0 Å². The van der Waals surface area contributed by atoms with Crippen molar-refractivity contribution in [3.63, 3.8) is 0 Å². The summed E-state index contributed by atoms with van der Waals surface area (Å²) < 4.78 is 5.39. The average molecular weight is 230 g/mol. The van der Waals surface area contributed by atoms with Gasteiger partial charge in [0.05, 0.1) is 6.10 Å². The van der Waals surface area contributed by atoms with Gasteiger partial charge in [0.1, 0.15) is 0 Å². The molecule has 0 fully saturated rings. The molecule has 0 heterocycles. The number of carbonyl (C=O) groups excluding carboxylic acids is 1. The Balaban J connectivity index is 3.42. The Hall–Kier alpha value is -0.610. The zero-order valence-corrected chi connectivity index (χ0v) is 11.0. The van der Waals surface area contributed by atoms with Gasteiger partial charge in [-0.05, 0) is 26.8 Å². The molecule has 1 atom stereocenters. The van der Waals surface area contributed by atoms with Crippen LogP contribution in [0.4, 0.5) is 0 Å². The van der Waals surface area contributed by atoms with Gasteiger partial charge < -0.3 is 15.4 Å². The largest absolute Gasteiger partial charge is 0.379 e. The Morgan fingerprint density at radius 3 is 2.56 bits per heavy atom. The molecule has 1 unspecified atom stereocenters. The SMILES string of the molecule is CCNCC(C)C(=O)NCCCOC(C)C. The highest BCUT2D eigenvalue weighted by molar-refractivity contribution is 5.78. The van der Waals surface area contributed by atoms with E-state index in [2.05, 4.69) is 10.6 Å². The Morgan fingerprint density at radius 2 is 2.00 bits per heavy atom. The van der Waals surface area contributed by atoms with E-state index in [9.17, 15) is 4.79 Å². The molecule has 0 saturated carbocycles. The summed E-state index contributed by atoms with van der Waals surface area (Å²) in [5.74, 6) is 0.150. The van der Waals surface area contributed by atoms with E-state index in [-0.39, 0.29) is 17.9 Å². The third-order valence-electron chi connectivity index (χ3n) is 2.22. The molecule has 0 bridgehead atoms. The van der Waals surface area contributed by atoms with E-state index >= 15 is 0 Å². The lowest BCUT2D eigenvalue weighted by atomic mass is 10.1. The molecule has 96 valence electrons. The number of amides is 1. The van der Waals surface area contributed by atoms with Crippen LogP contribution in [0.5, 0.6) is 0 Å². The highest BCUT2D eigenvalue weighted by Crippen LogP contribution is 1.93. The van der Waals surface area contributed by atoms with Crippen LogP contribution in [0.25, 0.3) is 0 Å². The molecule has 4 heteroatoms. The smallest absolute Gasteiger partial charge is 0.224 e. The first kappa shape index (κ1) is 15.4. The molecule has 0 aromatic carbocycles. The summed E-state index contributed by atoms with van der Waals surface area (Å²) in [6.07, 6.45) is 1.14. The highest BCUT2D eigenvalue weighted by Gasteiger charge is 2.10. The first-order valence-electron chi connectivity index (χ1n) is 6.18. The summed E-state index contributed by atoms with van der Waals surface area (Å²) in [4.78, 5) is 11.6. The number of nitrogens with one attached hydrogen (secondary N) is 2. The minimum absolute atomic E-state index is 0.0333. The van der Waals surface area contributed by atoms with Crippen LogP contribution in [0.3, 0.4) is 0 Å². The van der Waals surface area contributed by atoms with Gasteiger partial charge in [-0.25, -0.2) is 0 Å². The Kier molecular flexibility index (Phi) is 9.24. The third-order valence-corrected chi connectivity index (χ3v) is 2.22. The van der Waals surface area contributed by atoms with Crippen molar-refractivity contribution in [1.29, 1.82) is 0 Å². The van der Waals surface area contributed by atoms with Crippen molar-refractivity contribution in [2.24, 2.45) is 5.92 Å². The quantitative estimate of drug-likeness (QED) is 0.584. The number of rotatable bonds is 9. The van der Waals surface area contributed by atoms with Gasteiger partial charge in [0.25, 0.3) is 0 Å². The molecular weight excluding hydrogens is 204 g/mol. The van der Waals surface area contributed by atoms with Gasteiger partial charge >= 0.3 is 0 Å². The summed E-state index contributed by atoms with van der Waals surface area (Å²) in [5, 5.41) is 6.07. The van der Waals surface area contributed by atoms with Crippen molar-refractivity contribution in [2.75, 3.05) is 26.2 Å². The Morgan fingerprint density at radius 1 is 1.31 bits per heavy atom. The maximum atomic E-state index is 11.6. The predicted molar refractivity (Wildman–Crippen MR) is 66.4 cm³/mol. The van der Waals surface area contributed by atoms with Gasteiger partial charge in [-0.3, -0.25) is 4.79 Å². The summed E-state index contributed by atoms with van der Waals surface area (Å²) >= 11 is 0. The molecule has 0 aliphatic rings. The molecule has 4 nitrogen and oxygen atoms in total. The van der Waals surface area contributed by atoms with Crippen LogP contribution >= 0.6 is 0 Å². The van der Waals surface area contributed by atoms with Gasteiger partial charge in [0.2, 0.25) is 5.91 Å². The van der Waals surface area contributed by atoms with E-state index in [0.29, 0.717) is 13.2 Å². The second kappa shape index (κ2) is 9.60. The van der Waals surface area contributed by atoms with Crippen molar-refractivity contribution >= 4 is 5.91 Å². The molecule has 0 spiro atoms. The van der Waals surface area contributed by atoms with Crippen LogP contribution in [0.15, 0.2) is 0 Å². The molecule has 0 rings (SSSR count). The minimum atomic E-state index is 0.0333. The van der Waals surface area contributed by atoms with E-state index in [1.807, 2.05) is 27.7 Å². The van der Waals surface area contributed by atoms with Gasteiger partial charge in [-0.1, -0.05) is 13.8 Å². The van der Waals surface area contributed by atoms with E-state index in [4.69, 9.17) is 4.74 Å². The fourth-order valence-electron chi connectivity index (χ4n) is 1.23. The molecule has 0 aliphatic heterocycles. The standard InChI is InChI=1S/C12H26N2O2/c1-5-13-9-11(4)12(15)14-7-6-8-16-10(2)3/h10-11,13H,5-9H2,1-4H3,(H,14,15). The molecule has 0 aromatic heterocycles. The Bertz CT molecular complexity index is 184. The molecule has 0 saturated heterocycles. The average Bonchev–Trinajstić information content (AvgIpc) is 2.24. The molecule has 16 heavy (non-hydrogen) atoms. The topological polar surface area (TPSA) is 50.4 Å². The van der Waals surface area contributed by atoms with Gasteiger partial charge in [-0.15, -0.1) is 0 Å². The number of ether oxygens (including phenoxy) is 1. The summed E-state index contributed by atoms with van der Waals surface area (Å²) in [6.45, 7) is 11.0. The van der Waals surface area contributed by atoms with E-state index < -0.39 is 0 Å². The van der Waals surface area contributed by atoms with Crippen LogP contribution in [0.2, 0.25) is 0 Å². The zero-order valence-electron chi connectivity index (χ0n) is 11.0. The van der Waals surface area contributed by atoms with Crippen molar-refractivity contribution in [3.05, 3.63) is 0 Å². The summed E-state index contributed by atoms with van der Waals surface area (Å²) in [7, 11) is 0. The fraction of sp³-hybridized carbons (Fsp3) is 0.917. The molecule has 1 amide bonds. The lowest BCUT2D eigenvalue weighted by Crippen LogP contribution is -2.36. The van der Waals surface area contributed by atoms with Gasteiger partial charge in [0, 0.05) is 25.6 Å². The second-order valence-electron chi connectivity index (χ2n) is 4.27. The number of hydrogen-bond acceptors (Lipinski definition) is 3.